The highest BCUT2D eigenvalue weighted by Crippen LogP contribution is 2.10. The third-order valence-corrected chi connectivity index (χ3v) is 2.49. The van der Waals surface area contributed by atoms with Gasteiger partial charge in [0, 0.05) is 13.1 Å². The molecule has 1 N–H and O–H groups in total. The van der Waals surface area contributed by atoms with E-state index in [2.05, 4.69) is 47.3 Å². The molecule has 0 aromatic heterocycles. The molecule has 1 rings (SSSR count). The lowest BCUT2D eigenvalue weighted by Gasteiger charge is -2.16. The van der Waals surface area contributed by atoms with Crippen LogP contribution in [0.5, 0.6) is 0 Å². The highest BCUT2D eigenvalue weighted by atomic mass is 15.1. The molecule has 0 heterocycles. The molecule has 0 bridgehead atoms. The molecule has 0 radical (unpaired) electrons. The van der Waals surface area contributed by atoms with Crippen molar-refractivity contribution < 1.29 is 0 Å². The van der Waals surface area contributed by atoms with Crippen molar-refractivity contribution >= 4 is 0 Å². The molecule has 0 atom stereocenters. The Morgan fingerprint density at radius 1 is 1.31 bits per heavy atom. The molecule has 0 aliphatic carbocycles. The molecule has 0 aliphatic heterocycles. The molecule has 1 aromatic carbocycles. The molecule has 1 aromatic rings. The van der Waals surface area contributed by atoms with Crippen LogP contribution in [-0.4, -0.2) is 25.0 Å². The maximum atomic E-state index is 5.30. The Morgan fingerprint density at radius 2 is 2.00 bits per heavy atom. The van der Waals surface area contributed by atoms with Crippen LogP contribution in [0.3, 0.4) is 0 Å². The highest BCUT2D eigenvalue weighted by molar-refractivity contribution is 5.27. The average molecular weight is 216 g/mol. The summed E-state index contributed by atoms with van der Waals surface area (Å²) in [5.74, 6) is 2.66. The Kier molecular flexibility index (Phi) is 5.63. The van der Waals surface area contributed by atoms with Gasteiger partial charge in [-0.2, -0.15) is 0 Å². The minimum atomic E-state index is 0.690. The van der Waals surface area contributed by atoms with Gasteiger partial charge in [-0.25, -0.2) is 0 Å². The lowest BCUT2D eigenvalue weighted by Crippen LogP contribution is -2.20. The Hall–Kier alpha value is -1.30. The first-order chi connectivity index (χ1) is 7.77. The third kappa shape index (κ3) is 4.06. The molecule has 0 unspecified atom stereocenters. The summed E-state index contributed by atoms with van der Waals surface area (Å²) >= 11 is 0. The molecular formula is C14H20N2. The van der Waals surface area contributed by atoms with Crippen LogP contribution in [0.1, 0.15) is 18.1 Å². The first-order valence-corrected chi connectivity index (χ1v) is 5.67. The molecular weight excluding hydrogens is 196 g/mol. The van der Waals surface area contributed by atoms with Crippen molar-refractivity contribution in [2.45, 2.75) is 20.0 Å². The van der Waals surface area contributed by atoms with E-state index in [1.807, 2.05) is 7.05 Å². The second-order valence-electron chi connectivity index (χ2n) is 3.93. The van der Waals surface area contributed by atoms with E-state index in [0.29, 0.717) is 6.54 Å². The largest absolute Gasteiger partial charge is 0.313 e. The third-order valence-electron chi connectivity index (χ3n) is 2.49. The molecule has 2 nitrogen and oxygen atoms in total. The van der Waals surface area contributed by atoms with Crippen LogP contribution in [-0.2, 0) is 13.1 Å². The second-order valence-corrected chi connectivity index (χ2v) is 3.93. The van der Waals surface area contributed by atoms with Gasteiger partial charge in [0.05, 0.1) is 6.54 Å². The van der Waals surface area contributed by atoms with Crippen molar-refractivity contribution in [3.8, 4) is 12.3 Å². The standard InChI is InChI=1S/C14H20N2/c1-4-10-16(3)12-14-9-7-6-8-13(14)11-15-5-2/h1,6-9,15H,5,10-12H2,2-3H3. The minimum absolute atomic E-state index is 0.690. The van der Waals surface area contributed by atoms with Crippen molar-refractivity contribution in [1.29, 1.82) is 0 Å². The normalized spacial score (nSPS) is 10.4. The van der Waals surface area contributed by atoms with Crippen molar-refractivity contribution in [2.75, 3.05) is 20.1 Å². The van der Waals surface area contributed by atoms with Gasteiger partial charge in [-0.05, 0) is 24.7 Å². The number of nitrogens with one attached hydrogen (secondary N) is 1. The van der Waals surface area contributed by atoms with Gasteiger partial charge in [-0.3, -0.25) is 4.90 Å². The Labute approximate surface area is 98.7 Å². The Morgan fingerprint density at radius 3 is 2.62 bits per heavy atom. The quantitative estimate of drug-likeness (QED) is 0.730. The van der Waals surface area contributed by atoms with Gasteiger partial charge in [-0.1, -0.05) is 37.1 Å². The van der Waals surface area contributed by atoms with Crippen molar-refractivity contribution in [3.05, 3.63) is 35.4 Å². The molecule has 0 fully saturated rings. The Balaban J connectivity index is 2.67. The van der Waals surface area contributed by atoms with Gasteiger partial charge in [0.2, 0.25) is 0 Å². The van der Waals surface area contributed by atoms with Crippen LogP contribution >= 0.6 is 0 Å². The fourth-order valence-corrected chi connectivity index (χ4v) is 1.65. The predicted molar refractivity (Wildman–Crippen MR) is 69.0 cm³/mol. The Bertz CT molecular complexity index is 352. The van der Waals surface area contributed by atoms with E-state index < -0.39 is 0 Å². The molecule has 86 valence electrons. The first kappa shape index (κ1) is 12.8. The molecule has 0 spiro atoms. The summed E-state index contributed by atoms with van der Waals surface area (Å²) in [5, 5.41) is 3.35. The van der Waals surface area contributed by atoms with Crippen molar-refractivity contribution in [3.63, 3.8) is 0 Å². The van der Waals surface area contributed by atoms with Crippen LogP contribution in [0.15, 0.2) is 24.3 Å². The van der Waals surface area contributed by atoms with E-state index in [-0.39, 0.29) is 0 Å². The number of hydrogen-bond acceptors (Lipinski definition) is 2. The summed E-state index contributed by atoms with van der Waals surface area (Å²) in [6.45, 7) is 5.64. The van der Waals surface area contributed by atoms with Crippen LogP contribution in [0.4, 0.5) is 0 Å². The van der Waals surface area contributed by atoms with Crippen LogP contribution in [0.2, 0.25) is 0 Å². The van der Waals surface area contributed by atoms with Crippen LogP contribution in [0.25, 0.3) is 0 Å². The average Bonchev–Trinajstić information content (AvgIpc) is 2.28. The molecule has 0 amide bonds. The highest BCUT2D eigenvalue weighted by Gasteiger charge is 2.03. The summed E-state index contributed by atoms with van der Waals surface area (Å²) in [5.41, 5.74) is 2.70. The monoisotopic (exact) mass is 216 g/mol. The van der Waals surface area contributed by atoms with Crippen LogP contribution in [0, 0.1) is 12.3 Å². The fraction of sp³-hybridized carbons (Fsp3) is 0.429. The van der Waals surface area contributed by atoms with E-state index in [1.165, 1.54) is 11.1 Å². The minimum Gasteiger partial charge on any atom is -0.313 e. The van der Waals surface area contributed by atoms with Crippen molar-refractivity contribution in [2.24, 2.45) is 0 Å². The number of hydrogen-bond donors (Lipinski definition) is 1. The number of nitrogens with zero attached hydrogens (tertiary/aromatic N) is 1. The zero-order valence-corrected chi connectivity index (χ0v) is 10.2. The summed E-state index contributed by atoms with van der Waals surface area (Å²) in [6, 6.07) is 8.49. The zero-order chi connectivity index (χ0) is 11.8. The van der Waals surface area contributed by atoms with E-state index >= 15 is 0 Å². The smallest absolute Gasteiger partial charge is 0.0599 e. The summed E-state index contributed by atoms with van der Waals surface area (Å²) in [7, 11) is 2.05. The fourth-order valence-electron chi connectivity index (χ4n) is 1.65. The van der Waals surface area contributed by atoms with Gasteiger partial charge in [0.25, 0.3) is 0 Å². The lowest BCUT2D eigenvalue weighted by molar-refractivity contribution is 0.367. The van der Waals surface area contributed by atoms with Crippen molar-refractivity contribution in [1.82, 2.24) is 10.2 Å². The summed E-state index contributed by atoms with van der Waals surface area (Å²) in [4.78, 5) is 2.14. The van der Waals surface area contributed by atoms with E-state index in [9.17, 15) is 0 Å². The SMILES string of the molecule is C#CCN(C)Cc1ccccc1CNCC. The number of rotatable bonds is 6. The van der Waals surface area contributed by atoms with E-state index in [1.54, 1.807) is 0 Å². The molecule has 16 heavy (non-hydrogen) atoms. The molecule has 0 saturated heterocycles. The topological polar surface area (TPSA) is 15.3 Å². The van der Waals surface area contributed by atoms with Gasteiger partial charge in [0.1, 0.15) is 0 Å². The zero-order valence-electron chi connectivity index (χ0n) is 10.2. The molecule has 0 aliphatic rings. The maximum Gasteiger partial charge on any atom is 0.0599 e. The van der Waals surface area contributed by atoms with Gasteiger partial charge >= 0.3 is 0 Å². The first-order valence-electron chi connectivity index (χ1n) is 5.67. The maximum absolute atomic E-state index is 5.30. The lowest BCUT2D eigenvalue weighted by atomic mass is 10.1. The van der Waals surface area contributed by atoms with Gasteiger partial charge in [-0.15, -0.1) is 6.42 Å². The van der Waals surface area contributed by atoms with E-state index in [4.69, 9.17) is 6.42 Å². The van der Waals surface area contributed by atoms with E-state index in [0.717, 1.165) is 19.6 Å². The predicted octanol–water partition coefficient (Wildman–Crippen LogP) is 1.86. The molecule has 2 heteroatoms. The number of benzene rings is 1. The summed E-state index contributed by atoms with van der Waals surface area (Å²) < 4.78 is 0. The van der Waals surface area contributed by atoms with Gasteiger partial charge in [0.15, 0.2) is 0 Å². The summed E-state index contributed by atoms with van der Waals surface area (Å²) in [6.07, 6.45) is 5.30. The second kappa shape index (κ2) is 7.05. The van der Waals surface area contributed by atoms with Crippen LogP contribution < -0.4 is 5.32 Å². The van der Waals surface area contributed by atoms with Gasteiger partial charge < -0.3 is 5.32 Å². The number of terminal acetylenes is 1. The molecule has 0 saturated carbocycles.